The molecule has 3 rings (SSSR count). The average Bonchev–Trinajstić information content (AvgIpc) is 2.78. The van der Waals surface area contributed by atoms with Gasteiger partial charge in [-0.2, -0.15) is 0 Å². The van der Waals surface area contributed by atoms with Gasteiger partial charge in [0.1, 0.15) is 0 Å². The van der Waals surface area contributed by atoms with Gasteiger partial charge in [-0.3, -0.25) is 0 Å². The van der Waals surface area contributed by atoms with E-state index < -0.39 is 5.97 Å². The first-order valence-electron chi connectivity index (χ1n) is 12.8. The monoisotopic (exact) mass is 446 g/mol. The van der Waals surface area contributed by atoms with E-state index in [-0.39, 0.29) is 10.8 Å². The maximum absolute atomic E-state index is 11.2. The predicted octanol–water partition coefficient (Wildman–Crippen LogP) is 8.81. The molecule has 33 heavy (non-hydrogen) atoms. The third kappa shape index (κ3) is 6.37. The first kappa shape index (κ1) is 25.3. The van der Waals surface area contributed by atoms with Crippen LogP contribution < -0.4 is 0 Å². The van der Waals surface area contributed by atoms with Crippen LogP contribution in [0, 0.1) is 0 Å². The number of aryl methyl sites for hydroxylation is 1. The first-order valence-corrected chi connectivity index (χ1v) is 12.8. The zero-order valence-corrected chi connectivity index (χ0v) is 21.3. The van der Waals surface area contributed by atoms with Crippen LogP contribution in [0.1, 0.15) is 124 Å². The number of aromatic carboxylic acids is 1. The van der Waals surface area contributed by atoms with Crippen LogP contribution in [0.5, 0.6) is 0 Å². The normalized spacial score (nSPS) is 16.6. The van der Waals surface area contributed by atoms with E-state index >= 15 is 0 Å². The lowest BCUT2D eigenvalue weighted by Gasteiger charge is -2.42. The van der Waals surface area contributed by atoms with E-state index in [1.807, 2.05) is 12.1 Å². The van der Waals surface area contributed by atoms with Crippen LogP contribution in [0.25, 0.3) is 12.2 Å². The van der Waals surface area contributed by atoms with Crippen molar-refractivity contribution in [3.8, 4) is 0 Å². The minimum absolute atomic E-state index is 0.190. The molecule has 0 aromatic heterocycles. The molecule has 0 unspecified atom stereocenters. The highest BCUT2D eigenvalue weighted by molar-refractivity contribution is 5.88. The Labute approximate surface area is 201 Å². The molecule has 2 aromatic rings. The zero-order valence-electron chi connectivity index (χ0n) is 21.3. The van der Waals surface area contributed by atoms with Gasteiger partial charge in [-0.1, -0.05) is 103 Å². The van der Waals surface area contributed by atoms with Gasteiger partial charge in [0.25, 0.3) is 0 Å². The molecule has 178 valence electrons. The van der Waals surface area contributed by atoms with Crippen molar-refractivity contribution in [2.45, 2.75) is 103 Å². The van der Waals surface area contributed by atoms with Crippen molar-refractivity contribution in [1.29, 1.82) is 0 Å². The standard InChI is InChI=1S/C31H42O2/c1-6-7-8-9-10-11-12-25-21-27-28(31(4,5)20-19-30(27,2)3)22-26(25)18-15-23-13-16-24(17-14-23)29(32)33/h13-18,21-22H,6-12,19-20H2,1-5H3,(H,32,33). The number of fused-ring (bicyclic) bond motifs is 1. The van der Waals surface area contributed by atoms with Crippen LogP contribution >= 0.6 is 0 Å². The van der Waals surface area contributed by atoms with Gasteiger partial charge in [-0.05, 0) is 76.5 Å². The van der Waals surface area contributed by atoms with E-state index in [0.29, 0.717) is 5.56 Å². The molecule has 0 fully saturated rings. The summed E-state index contributed by atoms with van der Waals surface area (Å²) in [5, 5.41) is 9.16. The zero-order chi connectivity index (χ0) is 24.1. The maximum atomic E-state index is 11.2. The molecule has 0 heterocycles. The van der Waals surface area contributed by atoms with Crippen molar-refractivity contribution in [3.05, 3.63) is 69.8 Å². The van der Waals surface area contributed by atoms with Crippen molar-refractivity contribution in [3.63, 3.8) is 0 Å². The topological polar surface area (TPSA) is 37.3 Å². The molecular weight excluding hydrogens is 404 g/mol. The number of benzene rings is 2. The van der Waals surface area contributed by atoms with Crippen LogP contribution in [-0.4, -0.2) is 11.1 Å². The van der Waals surface area contributed by atoms with Gasteiger partial charge in [-0.15, -0.1) is 0 Å². The molecule has 2 heteroatoms. The van der Waals surface area contributed by atoms with Gasteiger partial charge in [0.15, 0.2) is 0 Å². The Bertz CT molecular complexity index is 977. The molecule has 0 aliphatic heterocycles. The second kappa shape index (κ2) is 10.7. The third-order valence-corrected chi connectivity index (χ3v) is 7.53. The summed E-state index contributed by atoms with van der Waals surface area (Å²) < 4.78 is 0. The highest BCUT2D eigenvalue weighted by Gasteiger charge is 2.37. The summed E-state index contributed by atoms with van der Waals surface area (Å²) in [5.41, 5.74) is 7.56. The molecule has 0 amide bonds. The summed E-state index contributed by atoms with van der Waals surface area (Å²) in [6.45, 7) is 11.8. The second-order valence-electron chi connectivity index (χ2n) is 11.1. The van der Waals surface area contributed by atoms with Gasteiger partial charge in [0.05, 0.1) is 5.56 Å². The van der Waals surface area contributed by atoms with Crippen molar-refractivity contribution in [1.82, 2.24) is 0 Å². The number of unbranched alkanes of at least 4 members (excludes halogenated alkanes) is 5. The summed E-state index contributed by atoms with van der Waals surface area (Å²) in [6.07, 6.45) is 15.8. The molecule has 1 N–H and O–H groups in total. The molecule has 0 spiro atoms. The lowest BCUT2D eigenvalue weighted by Crippen LogP contribution is -2.34. The Morgan fingerprint density at radius 1 is 0.848 bits per heavy atom. The number of hydrogen-bond donors (Lipinski definition) is 1. The minimum atomic E-state index is -0.883. The Morgan fingerprint density at radius 3 is 2.03 bits per heavy atom. The van der Waals surface area contributed by atoms with E-state index in [4.69, 9.17) is 5.11 Å². The highest BCUT2D eigenvalue weighted by atomic mass is 16.4. The number of carboxylic acids is 1. The van der Waals surface area contributed by atoms with Gasteiger partial charge in [0, 0.05) is 0 Å². The van der Waals surface area contributed by atoms with Crippen LogP contribution in [0.4, 0.5) is 0 Å². The van der Waals surface area contributed by atoms with E-state index in [0.717, 1.165) is 12.0 Å². The van der Waals surface area contributed by atoms with E-state index in [9.17, 15) is 4.79 Å². The lowest BCUT2D eigenvalue weighted by molar-refractivity contribution is 0.0697. The molecule has 0 saturated carbocycles. The van der Waals surface area contributed by atoms with Crippen molar-refractivity contribution in [2.75, 3.05) is 0 Å². The summed E-state index contributed by atoms with van der Waals surface area (Å²) in [7, 11) is 0. The Hall–Kier alpha value is -2.35. The van der Waals surface area contributed by atoms with Crippen LogP contribution in [0.2, 0.25) is 0 Å². The fourth-order valence-electron chi connectivity index (χ4n) is 5.07. The van der Waals surface area contributed by atoms with Crippen LogP contribution in [0.15, 0.2) is 36.4 Å². The number of rotatable bonds is 10. The molecule has 0 atom stereocenters. The van der Waals surface area contributed by atoms with E-state index in [1.165, 1.54) is 73.6 Å². The summed E-state index contributed by atoms with van der Waals surface area (Å²) in [4.78, 5) is 11.2. The Morgan fingerprint density at radius 2 is 1.42 bits per heavy atom. The van der Waals surface area contributed by atoms with Crippen molar-refractivity contribution < 1.29 is 9.90 Å². The fraction of sp³-hybridized carbons (Fsp3) is 0.516. The van der Waals surface area contributed by atoms with Gasteiger partial charge >= 0.3 is 5.97 Å². The summed E-state index contributed by atoms with van der Waals surface area (Å²) >= 11 is 0. The number of carbonyl (C=O) groups is 1. The molecule has 0 saturated heterocycles. The van der Waals surface area contributed by atoms with Crippen LogP contribution in [-0.2, 0) is 17.3 Å². The second-order valence-corrected chi connectivity index (χ2v) is 11.1. The smallest absolute Gasteiger partial charge is 0.335 e. The molecule has 0 bridgehead atoms. The molecular formula is C31H42O2. The first-order chi connectivity index (χ1) is 15.6. The van der Waals surface area contributed by atoms with Gasteiger partial charge in [0.2, 0.25) is 0 Å². The maximum Gasteiger partial charge on any atom is 0.335 e. The molecule has 2 nitrogen and oxygen atoms in total. The number of carboxylic acid groups (broad SMARTS) is 1. The summed E-state index contributed by atoms with van der Waals surface area (Å²) in [6, 6.07) is 12.1. The van der Waals surface area contributed by atoms with Crippen LogP contribution in [0.3, 0.4) is 0 Å². The summed E-state index contributed by atoms with van der Waals surface area (Å²) in [5.74, 6) is -0.883. The Kier molecular flexibility index (Phi) is 8.21. The molecule has 1 aliphatic carbocycles. The SMILES string of the molecule is CCCCCCCCc1cc2c(cc1C=Cc1ccc(C(=O)O)cc1)C(C)(C)CCC2(C)C. The predicted molar refractivity (Wildman–Crippen MR) is 141 cm³/mol. The van der Waals surface area contributed by atoms with E-state index in [2.05, 4.69) is 58.9 Å². The van der Waals surface area contributed by atoms with Gasteiger partial charge in [-0.25, -0.2) is 4.79 Å². The van der Waals surface area contributed by atoms with Crippen molar-refractivity contribution in [2.24, 2.45) is 0 Å². The fourth-order valence-corrected chi connectivity index (χ4v) is 5.07. The highest BCUT2D eigenvalue weighted by Crippen LogP contribution is 2.47. The number of hydrogen-bond acceptors (Lipinski definition) is 1. The third-order valence-electron chi connectivity index (χ3n) is 7.53. The largest absolute Gasteiger partial charge is 0.478 e. The lowest BCUT2D eigenvalue weighted by atomic mass is 9.62. The van der Waals surface area contributed by atoms with Gasteiger partial charge < -0.3 is 5.11 Å². The van der Waals surface area contributed by atoms with E-state index in [1.54, 1.807) is 12.1 Å². The molecule has 0 radical (unpaired) electrons. The minimum Gasteiger partial charge on any atom is -0.478 e. The molecule has 2 aromatic carbocycles. The molecule has 1 aliphatic rings. The average molecular weight is 447 g/mol. The Balaban J connectivity index is 1.91. The van der Waals surface area contributed by atoms with Crippen molar-refractivity contribution >= 4 is 18.1 Å². The quantitative estimate of drug-likeness (QED) is 0.292.